The average molecular weight is 348 g/mol. The van der Waals surface area contributed by atoms with Crippen LogP contribution in [0.25, 0.3) is 0 Å². The summed E-state index contributed by atoms with van der Waals surface area (Å²) in [4.78, 5) is 33.8. The molecule has 1 fully saturated rings. The van der Waals surface area contributed by atoms with Crippen LogP contribution >= 0.6 is 0 Å². The molecular formula is C14H24N2O8. The SMILES string of the molecule is CC(=O)OCC1O[C@@H](O)C(NCCN)[C@H](OC(C)=O)[C@@H]1OC(C)=O. The number of hydrogen-bond acceptors (Lipinski definition) is 10. The van der Waals surface area contributed by atoms with Crippen LogP contribution in [0.5, 0.6) is 0 Å². The predicted molar refractivity (Wildman–Crippen MR) is 79.5 cm³/mol. The Balaban J connectivity index is 3.04. The second-order valence-corrected chi connectivity index (χ2v) is 5.28. The first kappa shape index (κ1) is 20.3. The highest BCUT2D eigenvalue weighted by Crippen LogP contribution is 2.26. The van der Waals surface area contributed by atoms with E-state index in [0.29, 0.717) is 6.54 Å². The highest BCUT2D eigenvalue weighted by Gasteiger charge is 2.49. The van der Waals surface area contributed by atoms with Gasteiger partial charge in [0, 0.05) is 33.9 Å². The highest BCUT2D eigenvalue weighted by molar-refractivity contribution is 5.67. The fraction of sp³-hybridized carbons (Fsp3) is 0.786. The van der Waals surface area contributed by atoms with Crippen molar-refractivity contribution >= 4 is 17.9 Å². The third kappa shape index (κ3) is 6.04. The van der Waals surface area contributed by atoms with Crippen molar-refractivity contribution in [3.63, 3.8) is 0 Å². The molecule has 0 radical (unpaired) electrons. The number of aliphatic hydroxyl groups is 1. The average Bonchev–Trinajstić information content (AvgIpc) is 2.46. The van der Waals surface area contributed by atoms with E-state index < -0.39 is 48.6 Å². The molecule has 1 heterocycles. The Bertz CT molecular complexity index is 458. The van der Waals surface area contributed by atoms with E-state index in [0.717, 1.165) is 0 Å². The van der Waals surface area contributed by atoms with Crippen LogP contribution in [0, 0.1) is 0 Å². The zero-order valence-electron chi connectivity index (χ0n) is 13.9. The second kappa shape index (κ2) is 9.52. The molecular weight excluding hydrogens is 324 g/mol. The van der Waals surface area contributed by atoms with Gasteiger partial charge in [-0.25, -0.2) is 0 Å². The Morgan fingerprint density at radius 3 is 2.17 bits per heavy atom. The van der Waals surface area contributed by atoms with Gasteiger partial charge in [-0.05, 0) is 0 Å². The summed E-state index contributed by atoms with van der Waals surface area (Å²) in [6.45, 7) is 3.88. The molecule has 0 aliphatic carbocycles. The largest absolute Gasteiger partial charge is 0.463 e. The van der Waals surface area contributed by atoms with Crippen molar-refractivity contribution in [3.05, 3.63) is 0 Å². The lowest BCUT2D eigenvalue weighted by atomic mass is 9.96. The molecule has 1 saturated heterocycles. The summed E-state index contributed by atoms with van der Waals surface area (Å²) in [7, 11) is 0. The zero-order valence-corrected chi connectivity index (χ0v) is 13.9. The number of nitrogens with one attached hydrogen (secondary N) is 1. The summed E-state index contributed by atoms with van der Waals surface area (Å²) in [5.41, 5.74) is 5.43. The maximum absolute atomic E-state index is 11.4. The summed E-state index contributed by atoms with van der Waals surface area (Å²) < 4.78 is 20.7. The van der Waals surface area contributed by atoms with Crippen molar-refractivity contribution in [2.24, 2.45) is 5.73 Å². The fourth-order valence-electron chi connectivity index (χ4n) is 2.39. The molecule has 10 nitrogen and oxygen atoms in total. The lowest BCUT2D eigenvalue weighted by Gasteiger charge is -2.43. The van der Waals surface area contributed by atoms with Gasteiger partial charge in [-0.3, -0.25) is 14.4 Å². The molecule has 0 spiro atoms. The van der Waals surface area contributed by atoms with Gasteiger partial charge >= 0.3 is 17.9 Å². The van der Waals surface area contributed by atoms with Crippen molar-refractivity contribution in [2.45, 2.75) is 51.4 Å². The Kier molecular flexibility index (Phi) is 8.05. The number of carbonyl (C=O) groups is 3. The maximum Gasteiger partial charge on any atom is 0.303 e. The summed E-state index contributed by atoms with van der Waals surface area (Å²) in [6, 6.07) is -0.865. The smallest absolute Gasteiger partial charge is 0.303 e. The number of hydrogen-bond donors (Lipinski definition) is 3. The van der Waals surface area contributed by atoms with Gasteiger partial charge in [-0.1, -0.05) is 0 Å². The first-order valence-corrected chi connectivity index (χ1v) is 7.51. The number of aliphatic hydroxyl groups excluding tert-OH is 1. The third-order valence-electron chi connectivity index (χ3n) is 3.24. The molecule has 0 amide bonds. The molecule has 138 valence electrons. The normalized spacial score (nSPS) is 29.6. The Morgan fingerprint density at radius 2 is 1.67 bits per heavy atom. The van der Waals surface area contributed by atoms with E-state index >= 15 is 0 Å². The van der Waals surface area contributed by atoms with Crippen molar-refractivity contribution < 1.29 is 38.4 Å². The van der Waals surface area contributed by atoms with Crippen molar-refractivity contribution in [1.82, 2.24) is 5.32 Å². The van der Waals surface area contributed by atoms with E-state index in [2.05, 4.69) is 5.32 Å². The molecule has 4 N–H and O–H groups in total. The molecule has 0 bridgehead atoms. The number of nitrogens with two attached hydrogens (primary N) is 1. The maximum atomic E-state index is 11.4. The van der Waals surface area contributed by atoms with Gasteiger partial charge in [0.05, 0.1) is 6.04 Å². The minimum absolute atomic E-state index is 0.269. The van der Waals surface area contributed by atoms with Gasteiger partial charge < -0.3 is 35.1 Å². The first-order chi connectivity index (χ1) is 11.3. The summed E-state index contributed by atoms with van der Waals surface area (Å²) in [5, 5.41) is 13.1. The molecule has 5 atom stereocenters. The minimum Gasteiger partial charge on any atom is -0.463 e. The van der Waals surface area contributed by atoms with Crippen molar-refractivity contribution in [3.8, 4) is 0 Å². The van der Waals surface area contributed by atoms with Gasteiger partial charge in [0.25, 0.3) is 0 Å². The molecule has 10 heteroatoms. The molecule has 0 aromatic heterocycles. The summed E-state index contributed by atoms with van der Waals surface area (Å²) >= 11 is 0. The molecule has 0 saturated carbocycles. The topological polar surface area (TPSA) is 146 Å². The molecule has 24 heavy (non-hydrogen) atoms. The van der Waals surface area contributed by atoms with Crippen LogP contribution in [0.4, 0.5) is 0 Å². The van der Waals surface area contributed by atoms with Crippen molar-refractivity contribution in [1.29, 1.82) is 0 Å². The van der Waals surface area contributed by atoms with Crippen LogP contribution in [0.2, 0.25) is 0 Å². The molecule has 0 aromatic carbocycles. The molecule has 0 aromatic rings. The standard InChI is InChI=1S/C14H24N2O8/c1-7(17)21-6-10-12(22-8(2)18)13(23-9(3)19)11(14(20)24-10)16-5-4-15/h10-14,16,20H,4-6,15H2,1-3H3/t10?,11?,12-,13+,14-/m1/s1. The summed E-state index contributed by atoms with van der Waals surface area (Å²) in [5.74, 6) is -1.83. The Hall–Kier alpha value is -1.75. The van der Waals surface area contributed by atoms with Crippen LogP contribution in [0.1, 0.15) is 20.8 Å². The van der Waals surface area contributed by atoms with E-state index in [4.69, 9.17) is 24.7 Å². The second-order valence-electron chi connectivity index (χ2n) is 5.28. The quantitative estimate of drug-likeness (QED) is 0.350. The highest BCUT2D eigenvalue weighted by atomic mass is 16.7. The monoisotopic (exact) mass is 348 g/mol. The molecule has 1 rings (SSSR count). The van der Waals surface area contributed by atoms with E-state index in [1.165, 1.54) is 20.8 Å². The molecule has 1 aliphatic heterocycles. The number of esters is 3. The fourth-order valence-corrected chi connectivity index (χ4v) is 2.39. The van der Waals surface area contributed by atoms with Gasteiger partial charge in [0.2, 0.25) is 0 Å². The predicted octanol–water partition coefficient (Wildman–Crippen LogP) is -1.95. The van der Waals surface area contributed by atoms with E-state index in [1.54, 1.807) is 0 Å². The summed E-state index contributed by atoms with van der Waals surface area (Å²) in [6.07, 6.45) is -4.48. The van der Waals surface area contributed by atoms with Crippen LogP contribution in [-0.2, 0) is 33.3 Å². The first-order valence-electron chi connectivity index (χ1n) is 7.51. The Labute approximate surface area is 139 Å². The Morgan fingerprint density at radius 1 is 1.08 bits per heavy atom. The van der Waals surface area contributed by atoms with Gasteiger partial charge in [0.1, 0.15) is 12.7 Å². The van der Waals surface area contributed by atoms with Crippen LogP contribution in [-0.4, -0.2) is 73.4 Å². The number of rotatable bonds is 7. The number of carbonyl (C=O) groups excluding carboxylic acids is 3. The molecule has 2 unspecified atom stereocenters. The third-order valence-corrected chi connectivity index (χ3v) is 3.24. The van der Waals surface area contributed by atoms with Crippen molar-refractivity contribution in [2.75, 3.05) is 19.7 Å². The van der Waals surface area contributed by atoms with Gasteiger partial charge in [0.15, 0.2) is 18.5 Å². The molecule has 1 aliphatic rings. The lowest BCUT2D eigenvalue weighted by molar-refractivity contribution is -0.265. The van der Waals surface area contributed by atoms with Crippen LogP contribution < -0.4 is 11.1 Å². The van der Waals surface area contributed by atoms with Gasteiger partial charge in [-0.15, -0.1) is 0 Å². The van der Waals surface area contributed by atoms with Gasteiger partial charge in [-0.2, -0.15) is 0 Å². The van der Waals surface area contributed by atoms with Crippen LogP contribution in [0.15, 0.2) is 0 Å². The minimum atomic E-state index is -1.38. The number of ether oxygens (including phenoxy) is 4. The van der Waals surface area contributed by atoms with E-state index in [9.17, 15) is 19.5 Å². The van der Waals surface area contributed by atoms with E-state index in [1.807, 2.05) is 0 Å². The van der Waals surface area contributed by atoms with Crippen LogP contribution in [0.3, 0.4) is 0 Å². The van der Waals surface area contributed by atoms with E-state index in [-0.39, 0.29) is 13.2 Å². The zero-order chi connectivity index (χ0) is 18.3. The lowest BCUT2D eigenvalue weighted by Crippen LogP contribution is -2.65.